The van der Waals surface area contributed by atoms with Crippen LogP contribution in [0.25, 0.3) is 6.08 Å². The number of rotatable bonds is 7. The number of nitrogens with zero attached hydrogens (tertiary/aromatic N) is 5. The summed E-state index contributed by atoms with van der Waals surface area (Å²) in [6, 6.07) is 12.0. The van der Waals surface area contributed by atoms with E-state index in [2.05, 4.69) is 21.6 Å². The Labute approximate surface area is 180 Å². The number of carbonyl (C=O) groups is 1. The molecule has 8 heteroatoms. The summed E-state index contributed by atoms with van der Waals surface area (Å²) in [5.41, 5.74) is 4.50. The van der Waals surface area contributed by atoms with E-state index in [4.69, 9.17) is 16.9 Å². The highest BCUT2D eigenvalue weighted by Gasteiger charge is 2.13. The average molecular weight is 423 g/mol. The summed E-state index contributed by atoms with van der Waals surface area (Å²) in [5.74, 6) is 0.241. The summed E-state index contributed by atoms with van der Waals surface area (Å²) < 4.78 is 3.33. The molecule has 0 fully saturated rings. The second-order valence-corrected chi connectivity index (χ2v) is 7.42. The third kappa shape index (κ3) is 5.16. The van der Waals surface area contributed by atoms with Gasteiger partial charge in [0.05, 0.1) is 37.0 Å². The number of hydrogen-bond acceptors (Lipinski definition) is 4. The van der Waals surface area contributed by atoms with Gasteiger partial charge in [-0.25, -0.2) is 9.36 Å². The van der Waals surface area contributed by atoms with Crippen molar-refractivity contribution in [1.82, 2.24) is 19.6 Å². The zero-order valence-electron chi connectivity index (χ0n) is 17.2. The lowest BCUT2D eigenvalue weighted by Crippen LogP contribution is -2.13. The molecule has 0 aliphatic heterocycles. The fourth-order valence-corrected chi connectivity index (χ4v) is 3.32. The number of carbonyl (C=O) groups excluding carboxylic acids is 1. The summed E-state index contributed by atoms with van der Waals surface area (Å²) in [7, 11) is 0. The molecule has 1 aromatic carbocycles. The second-order valence-electron chi connectivity index (χ2n) is 7.06. The van der Waals surface area contributed by atoms with Gasteiger partial charge in [0.15, 0.2) is 0 Å². The fourth-order valence-electron chi connectivity index (χ4n) is 3.03. The summed E-state index contributed by atoms with van der Waals surface area (Å²) in [4.78, 5) is 12.4. The van der Waals surface area contributed by atoms with Crippen LogP contribution in [-0.2, 0) is 17.9 Å². The number of nitrogens with one attached hydrogen (secondary N) is 1. The molecule has 2 heterocycles. The Morgan fingerprint density at radius 3 is 2.63 bits per heavy atom. The molecule has 0 saturated carbocycles. The molecule has 0 atom stereocenters. The first-order valence-corrected chi connectivity index (χ1v) is 9.94. The Kier molecular flexibility index (Phi) is 6.70. The van der Waals surface area contributed by atoms with Crippen LogP contribution in [0.2, 0.25) is 5.15 Å². The SMILES string of the molecule is Cc1ccc(Cn2nc(C)c(/C=C/C(=O)Nc3cc(C)nn3CCC#N)c2Cl)cc1. The van der Waals surface area contributed by atoms with Gasteiger partial charge in [0.1, 0.15) is 11.0 Å². The first-order chi connectivity index (χ1) is 14.4. The van der Waals surface area contributed by atoms with Gasteiger partial charge < -0.3 is 5.32 Å². The first kappa shape index (κ1) is 21.3. The van der Waals surface area contributed by atoms with E-state index in [1.807, 2.05) is 45.0 Å². The number of anilines is 1. The van der Waals surface area contributed by atoms with Gasteiger partial charge in [0.2, 0.25) is 5.91 Å². The van der Waals surface area contributed by atoms with E-state index in [9.17, 15) is 4.79 Å². The minimum atomic E-state index is -0.310. The highest BCUT2D eigenvalue weighted by atomic mass is 35.5. The third-order valence-electron chi connectivity index (χ3n) is 4.55. The molecule has 1 amide bonds. The quantitative estimate of drug-likeness (QED) is 0.576. The standard InChI is InChI=1S/C22H23ClN6O/c1-15-5-7-18(8-6-15)14-29-22(23)19(17(3)27-29)9-10-21(30)25-20-13-16(2)26-28(20)12-4-11-24/h5-10,13H,4,12,14H2,1-3H3,(H,25,30)/b10-9+. The molecule has 7 nitrogen and oxygen atoms in total. The molecule has 1 N–H and O–H groups in total. The van der Waals surface area contributed by atoms with Crippen molar-refractivity contribution in [2.24, 2.45) is 0 Å². The van der Waals surface area contributed by atoms with Crippen LogP contribution in [0.5, 0.6) is 0 Å². The van der Waals surface area contributed by atoms with Crippen LogP contribution in [-0.4, -0.2) is 25.5 Å². The van der Waals surface area contributed by atoms with Gasteiger partial charge in [-0.15, -0.1) is 0 Å². The number of benzene rings is 1. The van der Waals surface area contributed by atoms with E-state index in [1.165, 1.54) is 11.6 Å². The monoisotopic (exact) mass is 422 g/mol. The highest BCUT2D eigenvalue weighted by Crippen LogP contribution is 2.22. The summed E-state index contributed by atoms with van der Waals surface area (Å²) in [6.07, 6.45) is 3.40. The molecule has 0 unspecified atom stereocenters. The molecule has 0 radical (unpaired) electrons. The Bertz CT molecular complexity index is 1120. The fraction of sp³-hybridized carbons (Fsp3) is 0.273. The van der Waals surface area contributed by atoms with E-state index in [1.54, 1.807) is 21.5 Å². The van der Waals surface area contributed by atoms with Gasteiger partial charge in [-0.2, -0.15) is 15.5 Å². The summed E-state index contributed by atoms with van der Waals surface area (Å²) in [6.45, 7) is 6.70. The lowest BCUT2D eigenvalue weighted by atomic mass is 10.1. The highest BCUT2D eigenvalue weighted by molar-refractivity contribution is 6.31. The average Bonchev–Trinajstić information content (AvgIpc) is 3.18. The van der Waals surface area contributed by atoms with Crippen molar-refractivity contribution in [3.63, 3.8) is 0 Å². The zero-order chi connectivity index (χ0) is 21.7. The topological polar surface area (TPSA) is 88.5 Å². The van der Waals surface area contributed by atoms with E-state index in [-0.39, 0.29) is 5.91 Å². The van der Waals surface area contributed by atoms with E-state index >= 15 is 0 Å². The molecule has 2 aromatic heterocycles. The number of aromatic nitrogens is 4. The maximum Gasteiger partial charge on any atom is 0.249 e. The lowest BCUT2D eigenvalue weighted by Gasteiger charge is -2.05. The normalized spacial score (nSPS) is 11.0. The number of amides is 1. The predicted octanol–water partition coefficient (Wildman–Crippen LogP) is 4.27. The van der Waals surface area contributed by atoms with Gasteiger partial charge in [0, 0.05) is 17.7 Å². The molecule has 154 valence electrons. The Hall–Kier alpha value is -3.37. The Morgan fingerprint density at radius 2 is 1.93 bits per heavy atom. The van der Waals surface area contributed by atoms with Crippen molar-refractivity contribution >= 4 is 29.4 Å². The molecule has 0 aliphatic rings. The first-order valence-electron chi connectivity index (χ1n) is 9.56. The van der Waals surface area contributed by atoms with Crippen LogP contribution in [0.15, 0.2) is 36.4 Å². The van der Waals surface area contributed by atoms with Gasteiger partial charge >= 0.3 is 0 Å². The molecule has 0 spiro atoms. The van der Waals surface area contributed by atoms with Gasteiger partial charge in [-0.05, 0) is 32.4 Å². The third-order valence-corrected chi connectivity index (χ3v) is 4.95. The molecule has 0 aliphatic carbocycles. The van der Waals surface area contributed by atoms with Crippen molar-refractivity contribution in [2.45, 2.75) is 40.3 Å². The summed E-state index contributed by atoms with van der Waals surface area (Å²) in [5, 5.41) is 20.8. The van der Waals surface area contributed by atoms with Crippen LogP contribution in [0.4, 0.5) is 5.82 Å². The molecule has 3 aromatic rings. The number of hydrogen-bond donors (Lipinski definition) is 1. The number of nitriles is 1. The molecule has 30 heavy (non-hydrogen) atoms. The van der Waals surface area contributed by atoms with Crippen LogP contribution < -0.4 is 5.32 Å². The molecule has 3 rings (SSSR count). The lowest BCUT2D eigenvalue weighted by molar-refractivity contribution is -0.111. The van der Waals surface area contributed by atoms with E-state index < -0.39 is 0 Å². The van der Waals surface area contributed by atoms with Crippen molar-refractivity contribution < 1.29 is 4.79 Å². The molecular weight excluding hydrogens is 400 g/mol. The minimum Gasteiger partial charge on any atom is -0.307 e. The van der Waals surface area contributed by atoms with Crippen molar-refractivity contribution in [3.05, 3.63) is 69.6 Å². The Morgan fingerprint density at radius 1 is 1.20 bits per heavy atom. The predicted molar refractivity (Wildman–Crippen MR) is 117 cm³/mol. The van der Waals surface area contributed by atoms with Crippen LogP contribution in [0.3, 0.4) is 0 Å². The maximum absolute atomic E-state index is 12.4. The van der Waals surface area contributed by atoms with Crippen LogP contribution in [0.1, 0.15) is 34.5 Å². The smallest absolute Gasteiger partial charge is 0.249 e. The molecular formula is C22H23ClN6O. The Balaban J connectivity index is 1.72. The van der Waals surface area contributed by atoms with Crippen LogP contribution >= 0.6 is 11.6 Å². The second kappa shape index (κ2) is 9.42. The van der Waals surface area contributed by atoms with Crippen molar-refractivity contribution in [2.75, 3.05) is 5.32 Å². The van der Waals surface area contributed by atoms with Crippen molar-refractivity contribution in [3.8, 4) is 6.07 Å². The zero-order valence-corrected chi connectivity index (χ0v) is 17.9. The van der Waals surface area contributed by atoms with Gasteiger partial charge in [-0.3, -0.25) is 4.79 Å². The summed E-state index contributed by atoms with van der Waals surface area (Å²) >= 11 is 6.51. The van der Waals surface area contributed by atoms with Gasteiger partial charge in [-0.1, -0.05) is 41.4 Å². The van der Waals surface area contributed by atoms with E-state index in [0.717, 1.165) is 17.0 Å². The number of aryl methyl sites for hydroxylation is 4. The van der Waals surface area contributed by atoms with Crippen molar-refractivity contribution in [1.29, 1.82) is 5.26 Å². The molecule has 0 saturated heterocycles. The van der Waals surface area contributed by atoms with Crippen LogP contribution in [0, 0.1) is 32.1 Å². The minimum absolute atomic E-state index is 0.310. The number of halogens is 1. The largest absolute Gasteiger partial charge is 0.307 e. The van der Waals surface area contributed by atoms with Gasteiger partial charge in [0.25, 0.3) is 0 Å². The molecule has 0 bridgehead atoms. The maximum atomic E-state index is 12.4. The van der Waals surface area contributed by atoms with E-state index in [0.29, 0.717) is 36.0 Å².